The van der Waals surface area contributed by atoms with Gasteiger partial charge in [-0.2, -0.15) is 0 Å². The molecular weight excluding hydrogens is 309 g/mol. The van der Waals surface area contributed by atoms with Crippen molar-refractivity contribution in [1.29, 1.82) is 0 Å². The second-order valence-corrected chi connectivity index (χ2v) is 4.84. The van der Waals surface area contributed by atoms with Crippen LogP contribution in [0.1, 0.15) is 25.6 Å². The first-order valence-corrected chi connectivity index (χ1v) is 7.72. The van der Waals surface area contributed by atoms with Gasteiger partial charge in [0.15, 0.2) is 0 Å². The summed E-state index contributed by atoms with van der Waals surface area (Å²) in [6, 6.07) is 13.2. The maximum Gasteiger partial charge on any atom is 0.269 e. The van der Waals surface area contributed by atoms with Crippen molar-refractivity contribution in [2.24, 2.45) is 0 Å². The summed E-state index contributed by atoms with van der Waals surface area (Å²) < 4.78 is 18.2. The van der Waals surface area contributed by atoms with E-state index in [0.29, 0.717) is 5.56 Å². The summed E-state index contributed by atoms with van der Waals surface area (Å²) in [4.78, 5) is 10.1. The molecule has 0 aliphatic rings. The Labute approximate surface area is 141 Å². The molecule has 0 saturated heterocycles. The Morgan fingerprint density at radius 2 is 1.54 bits per heavy atom. The highest BCUT2D eigenvalue weighted by Crippen LogP contribution is 2.25. The third-order valence-electron chi connectivity index (χ3n) is 3.26. The van der Waals surface area contributed by atoms with Crippen LogP contribution >= 0.6 is 0 Å². The quantitative estimate of drug-likeness (QED) is 0.399. The molecule has 1 atom stereocenters. The number of non-ortho nitro benzene ring substituents is 1. The first-order chi connectivity index (χ1) is 11.5. The fourth-order valence-corrected chi connectivity index (χ4v) is 1.98. The number of rotatable bonds is 6. The zero-order valence-corrected chi connectivity index (χ0v) is 13.9. The molecule has 0 N–H and O–H groups in total. The molecule has 0 aromatic heterocycles. The molecule has 2 rings (SSSR count). The highest BCUT2D eigenvalue weighted by Gasteiger charge is 2.07. The number of hydrogen-bond acceptors (Lipinski definition) is 3. The van der Waals surface area contributed by atoms with Crippen LogP contribution in [0.3, 0.4) is 0 Å². The van der Waals surface area contributed by atoms with Crippen LogP contribution < -0.4 is 0 Å². The molecule has 5 heteroatoms. The van der Waals surface area contributed by atoms with Gasteiger partial charge < -0.3 is 4.74 Å². The van der Waals surface area contributed by atoms with E-state index in [1.807, 2.05) is 13.8 Å². The molecule has 128 valence electrons. The van der Waals surface area contributed by atoms with Gasteiger partial charge in [-0.25, -0.2) is 4.39 Å². The van der Waals surface area contributed by atoms with Gasteiger partial charge in [0, 0.05) is 25.3 Å². The van der Waals surface area contributed by atoms with Gasteiger partial charge >= 0.3 is 0 Å². The predicted octanol–water partition coefficient (Wildman–Crippen LogP) is 5.50. The standard InChI is InChI=1S/C15H12FNO2.C4H10O/c1-2-15(16)13-5-3-11(4-6-13)12-7-9-14(10-8-12)17(18)19;1-3-5-4-2/h2-10,15H,1H2;3-4H2,1-2H3. The number of alkyl halides is 1. The molecule has 1 unspecified atom stereocenters. The van der Waals surface area contributed by atoms with Crippen LogP contribution in [0.5, 0.6) is 0 Å². The third kappa shape index (κ3) is 5.93. The van der Waals surface area contributed by atoms with Gasteiger partial charge in [-0.15, -0.1) is 0 Å². The highest BCUT2D eigenvalue weighted by atomic mass is 19.1. The van der Waals surface area contributed by atoms with Gasteiger partial charge in [0.2, 0.25) is 0 Å². The number of halogens is 1. The molecule has 2 aromatic rings. The molecule has 0 fully saturated rings. The summed E-state index contributed by atoms with van der Waals surface area (Å²) in [5, 5.41) is 10.6. The number of nitro groups is 1. The Balaban J connectivity index is 0.000000505. The number of benzene rings is 2. The van der Waals surface area contributed by atoms with Gasteiger partial charge in [-0.1, -0.05) is 36.9 Å². The lowest BCUT2D eigenvalue weighted by Gasteiger charge is -2.05. The molecule has 0 radical (unpaired) electrons. The van der Waals surface area contributed by atoms with Crippen LogP contribution in [-0.4, -0.2) is 18.1 Å². The minimum absolute atomic E-state index is 0.0517. The van der Waals surface area contributed by atoms with E-state index >= 15 is 0 Å². The highest BCUT2D eigenvalue weighted by molar-refractivity contribution is 5.65. The first-order valence-electron chi connectivity index (χ1n) is 7.72. The second kappa shape index (κ2) is 10.3. The average Bonchev–Trinajstić information content (AvgIpc) is 2.62. The first kappa shape index (κ1) is 19.5. The van der Waals surface area contributed by atoms with Crippen molar-refractivity contribution in [3.05, 3.63) is 76.9 Å². The molecule has 2 aromatic carbocycles. The molecule has 0 amide bonds. The van der Waals surface area contributed by atoms with Crippen molar-refractivity contribution in [3.63, 3.8) is 0 Å². The van der Waals surface area contributed by atoms with E-state index in [9.17, 15) is 14.5 Å². The van der Waals surface area contributed by atoms with Gasteiger partial charge in [0.05, 0.1) is 4.92 Å². The van der Waals surface area contributed by atoms with E-state index in [1.165, 1.54) is 18.2 Å². The van der Waals surface area contributed by atoms with Crippen LogP contribution in [0.4, 0.5) is 10.1 Å². The number of nitrogens with zero attached hydrogens (tertiary/aromatic N) is 1. The van der Waals surface area contributed by atoms with E-state index < -0.39 is 11.1 Å². The van der Waals surface area contributed by atoms with E-state index in [0.717, 1.165) is 24.3 Å². The molecule has 24 heavy (non-hydrogen) atoms. The lowest BCUT2D eigenvalue weighted by Crippen LogP contribution is -1.88. The van der Waals surface area contributed by atoms with Crippen LogP contribution in [0.15, 0.2) is 61.2 Å². The van der Waals surface area contributed by atoms with Gasteiger partial charge in [0.1, 0.15) is 6.17 Å². The summed E-state index contributed by atoms with van der Waals surface area (Å²) in [5.41, 5.74) is 2.33. The molecule has 0 saturated carbocycles. The Morgan fingerprint density at radius 1 is 1.08 bits per heavy atom. The third-order valence-corrected chi connectivity index (χ3v) is 3.26. The van der Waals surface area contributed by atoms with Crippen molar-refractivity contribution in [2.75, 3.05) is 13.2 Å². The molecule has 0 spiro atoms. The summed E-state index contributed by atoms with van der Waals surface area (Å²) in [7, 11) is 0. The molecule has 0 bridgehead atoms. The smallest absolute Gasteiger partial charge is 0.269 e. The normalized spacial score (nSPS) is 11.1. The minimum Gasteiger partial charge on any atom is -0.382 e. The Morgan fingerprint density at radius 3 is 1.88 bits per heavy atom. The predicted molar refractivity (Wildman–Crippen MR) is 94.7 cm³/mol. The van der Waals surface area contributed by atoms with Crippen molar-refractivity contribution in [1.82, 2.24) is 0 Å². The summed E-state index contributed by atoms with van der Waals surface area (Å²) in [6.07, 6.45) is 0.0619. The molecule has 0 aliphatic heterocycles. The van der Waals surface area contributed by atoms with Crippen molar-refractivity contribution >= 4 is 5.69 Å². The fourth-order valence-electron chi connectivity index (χ4n) is 1.98. The van der Waals surface area contributed by atoms with E-state index in [1.54, 1.807) is 36.4 Å². The zero-order valence-electron chi connectivity index (χ0n) is 13.9. The molecule has 0 heterocycles. The molecular formula is C19H22FNO3. The lowest BCUT2D eigenvalue weighted by atomic mass is 10.0. The van der Waals surface area contributed by atoms with Crippen LogP contribution in [0, 0.1) is 10.1 Å². The van der Waals surface area contributed by atoms with Crippen molar-refractivity contribution in [2.45, 2.75) is 20.0 Å². The van der Waals surface area contributed by atoms with Crippen LogP contribution in [0.25, 0.3) is 11.1 Å². The van der Waals surface area contributed by atoms with E-state index in [2.05, 4.69) is 6.58 Å². The van der Waals surface area contributed by atoms with Crippen LogP contribution in [0.2, 0.25) is 0 Å². The topological polar surface area (TPSA) is 52.4 Å². The fraction of sp³-hybridized carbons (Fsp3) is 0.263. The van der Waals surface area contributed by atoms with Crippen molar-refractivity contribution < 1.29 is 14.1 Å². The minimum atomic E-state index is -1.18. The van der Waals surface area contributed by atoms with Crippen molar-refractivity contribution in [3.8, 4) is 11.1 Å². The summed E-state index contributed by atoms with van der Waals surface area (Å²) in [6.45, 7) is 9.07. The zero-order chi connectivity index (χ0) is 17.9. The average molecular weight is 331 g/mol. The Hall–Kier alpha value is -2.53. The number of hydrogen-bond donors (Lipinski definition) is 0. The molecule has 4 nitrogen and oxygen atoms in total. The van der Waals surface area contributed by atoms with Gasteiger partial charge in [0.25, 0.3) is 5.69 Å². The summed E-state index contributed by atoms with van der Waals surface area (Å²) >= 11 is 0. The van der Waals surface area contributed by atoms with Gasteiger partial charge in [-0.3, -0.25) is 10.1 Å². The number of allylic oxidation sites excluding steroid dienone is 1. The van der Waals surface area contributed by atoms with E-state index in [-0.39, 0.29) is 5.69 Å². The Bertz CT molecular complexity index is 637. The lowest BCUT2D eigenvalue weighted by molar-refractivity contribution is -0.384. The monoisotopic (exact) mass is 331 g/mol. The number of ether oxygens (including phenoxy) is 1. The largest absolute Gasteiger partial charge is 0.382 e. The molecule has 0 aliphatic carbocycles. The Kier molecular flexibility index (Phi) is 8.36. The number of nitro benzene ring substituents is 1. The maximum absolute atomic E-state index is 13.3. The van der Waals surface area contributed by atoms with Crippen LogP contribution in [-0.2, 0) is 4.74 Å². The second-order valence-electron chi connectivity index (χ2n) is 4.84. The SMILES string of the molecule is C=CC(F)c1ccc(-c2ccc([N+](=O)[O-])cc2)cc1.CCOCC. The van der Waals surface area contributed by atoms with Gasteiger partial charge in [-0.05, 0) is 42.7 Å². The summed E-state index contributed by atoms with van der Waals surface area (Å²) in [5.74, 6) is 0. The maximum atomic E-state index is 13.3. The van der Waals surface area contributed by atoms with E-state index in [4.69, 9.17) is 4.74 Å².